The highest BCUT2D eigenvalue weighted by Gasteiger charge is 2.32. The van der Waals surface area contributed by atoms with E-state index in [0.717, 1.165) is 9.75 Å². The molecule has 0 saturated heterocycles. The van der Waals surface area contributed by atoms with Crippen molar-refractivity contribution in [3.05, 3.63) is 16.4 Å². The van der Waals surface area contributed by atoms with Crippen molar-refractivity contribution in [2.45, 2.75) is 60.5 Å². The molecule has 1 rings (SSSR count). The van der Waals surface area contributed by atoms with Crippen LogP contribution in [-0.4, -0.2) is 39.7 Å². The van der Waals surface area contributed by atoms with Gasteiger partial charge in [0.25, 0.3) is 5.89 Å². The molecule has 8 nitrogen and oxygen atoms in total. The second kappa shape index (κ2) is 9.50. The molecule has 1 unspecified atom stereocenters. The van der Waals surface area contributed by atoms with Crippen molar-refractivity contribution in [3.8, 4) is 0 Å². The lowest BCUT2D eigenvalue weighted by atomic mass is 10.00. The van der Waals surface area contributed by atoms with Crippen LogP contribution in [0.1, 0.15) is 58.6 Å². The molecule has 0 bridgehead atoms. The van der Waals surface area contributed by atoms with Gasteiger partial charge in [-0.15, -0.1) is 5.10 Å². The number of carbonyl (C=O) groups excluding carboxylic acids is 2. The maximum absolute atomic E-state index is 12.8. The SMILES string of the molecule is CC(C)CON(C=O)C(CC(C)C)C(=O)c1nn(CC(C)C)c(=O)o1. The normalized spacial score (nSPS) is 12.8. The zero-order chi connectivity index (χ0) is 19.1. The van der Waals surface area contributed by atoms with Crippen LogP contribution >= 0.6 is 0 Å². The molecule has 8 heteroatoms. The van der Waals surface area contributed by atoms with Gasteiger partial charge in [0.15, 0.2) is 0 Å². The van der Waals surface area contributed by atoms with Crippen molar-refractivity contribution in [2.24, 2.45) is 17.8 Å². The van der Waals surface area contributed by atoms with Crippen LogP contribution in [0.15, 0.2) is 9.21 Å². The molecule has 0 fully saturated rings. The summed E-state index contributed by atoms with van der Waals surface area (Å²) < 4.78 is 6.14. The van der Waals surface area contributed by atoms with Crippen LogP contribution in [0, 0.1) is 17.8 Å². The van der Waals surface area contributed by atoms with Gasteiger partial charge in [-0.05, 0) is 24.2 Å². The highest BCUT2D eigenvalue weighted by molar-refractivity contribution is 5.96. The fourth-order valence-corrected chi connectivity index (χ4v) is 2.21. The van der Waals surface area contributed by atoms with Gasteiger partial charge in [0.1, 0.15) is 6.04 Å². The second-order valence-electron chi connectivity index (χ2n) is 7.41. The van der Waals surface area contributed by atoms with Crippen LogP contribution in [0.5, 0.6) is 0 Å². The van der Waals surface area contributed by atoms with Gasteiger partial charge >= 0.3 is 5.76 Å². The molecule has 1 heterocycles. The fraction of sp³-hybridized carbons (Fsp3) is 0.765. The zero-order valence-corrected chi connectivity index (χ0v) is 15.9. The van der Waals surface area contributed by atoms with Gasteiger partial charge < -0.3 is 4.42 Å². The molecule has 0 saturated carbocycles. The highest BCUT2D eigenvalue weighted by atomic mass is 16.7. The molecule has 142 valence electrons. The number of nitrogens with zero attached hydrogens (tertiary/aromatic N) is 3. The average Bonchev–Trinajstić information content (AvgIpc) is 2.85. The maximum atomic E-state index is 12.8. The van der Waals surface area contributed by atoms with Gasteiger partial charge in [0, 0.05) is 0 Å². The predicted octanol–water partition coefficient (Wildman–Crippen LogP) is 2.14. The Bertz CT molecular complexity index is 618. The van der Waals surface area contributed by atoms with E-state index in [1.807, 2.05) is 41.5 Å². The Labute approximate surface area is 148 Å². The Kier molecular flexibility index (Phi) is 8.02. The van der Waals surface area contributed by atoms with Gasteiger partial charge in [-0.3, -0.25) is 14.4 Å². The molecular formula is C17H29N3O5. The molecular weight excluding hydrogens is 326 g/mol. The van der Waals surface area contributed by atoms with E-state index < -0.39 is 17.6 Å². The molecule has 0 radical (unpaired) electrons. The van der Waals surface area contributed by atoms with Gasteiger partial charge in [-0.25, -0.2) is 9.86 Å². The predicted molar refractivity (Wildman–Crippen MR) is 91.9 cm³/mol. The topological polar surface area (TPSA) is 94.6 Å². The lowest BCUT2D eigenvalue weighted by Gasteiger charge is -2.27. The summed E-state index contributed by atoms with van der Waals surface area (Å²) in [5, 5.41) is 4.98. The second-order valence-corrected chi connectivity index (χ2v) is 7.41. The number of ketones is 1. The quantitative estimate of drug-likeness (QED) is 0.343. The maximum Gasteiger partial charge on any atom is 0.437 e. The number of hydrogen-bond acceptors (Lipinski definition) is 6. The Hall–Kier alpha value is -1.96. The zero-order valence-electron chi connectivity index (χ0n) is 15.9. The molecule has 0 N–H and O–H groups in total. The van der Waals surface area contributed by atoms with Crippen molar-refractivity contribution >= 4 is 12.2 Å². The molecule has 1 aromatic rings. The first-order valence-electron chi connectivity index (χ1n) is 8.64. The van der Waals surface area contributed by atoms with E-state index >= 15 is 0 Å². The first-order valence-corrected chi connectivity index (χ1v) is 8.64. The molecule has 1 aromatic heterocycles. The summed E-state index contributed by atoms with van der Waals surface area (Å²) in [6.07, 6.45) is 0.854. The summed E-state index contributed by atoms with van der Waals surface area (Å²) in [5.74, 6) is -1.01. The van der Waals surface area contributed by atoms with Crippen LogP contribution in [0.25, 0.3) is 0 Å². The van der Waals surface area contributed by atoms with Crippen molar-refractivity contribution in [3.63, 3.8) is 0 Å². The summed E-state index contributed by atoms with van der Waals surface area (Å²) >= 11 is 0. The lowest BCUT2D eigenvalue weighted by Crippen LogP contribution is -2.42. The van der Waals surface area contributed by atoms with Crippen molar-refractivity contribution in [1.82, 2.24) is 14.8 Å². The summed E-state index contributed by atoms with van der Waals surface area (Å²) in [4.78, 5) is 41.5. The molecule has 1 atom stereocenters. The van der Waals surface area contributed by atoms with Crippen LogP contribution in [0.2, 0.25) is 0 Å². The number of Topliss-reactive ketones (excluding diaryl/α,β-unsaturated/α-hetero) is 1. The minimum Gasteiger partial charge on any atom is -0.384 e. The number of hydrogen-bond donors (Lipinski definition) is 0. The molecule has 0 aliphatic carbocycles. The minimum absolute atomic E-state index is 0.128. The van der Waals surface area contributed by atoms with E-state index in [-0.39, 0.29) is 23.6 Å². The molecule has 1 amide bonds. The van der Waals surface area contributed by atoms with Gasteiger partial charge in [-0.2, -0.15) is 4.68 Å². The first-order chi connectivity index (χ1) is 11.6. The van der Waals surface area contributed by atoms with Crippen molar-refractivity contribution in [2.75, 3.05) is 6.61 Å². The Morgan fingerprint density at radius 2 is 1.84 bits per heavy atom. The smallest absolute Gasteiger partial charge is 0.384 e. The van der Waals surface area contributed by atoms with Crippen LogP contribution in [0.3, 0.4) is 0 Å². The van der Waals surface area contributed by atoms with E-state index in [9.17, 15) is 14.4 Å². The summed E-state index contributed by atoms with van der Waals surface area (Å²) in [6.45, 7) is 12.2. The van der Waals surface area contributed by atoms with E-state index in [2.05, 4.69) is 5.10 Å². The molecule has 0 aliphatic heterocycles. The third-order valence-corrected chi connectivity index (χ3v) is 3.32. The van der Waals surface area contributed by atoms with E-state index in [4.69, 9.17) is 9.25 Å². The molecule has 0 aromatic carbocycles. The van der Waals surface area contributed by atoms with Crippen LogP contribution < -0.4 is 5.76 Å². The first kappa shape index (κ1) is 21.1. The summed E-state index contributed by atoms with van der Waals surface area (Å²) in [6, 6.07) is -0.887. The van der Waals surface area contributed by atoms with E-state index in [1.165, 1.54) is 0 Å². The third kappa shape index (κ3) is 6.45. The highest BCUT2D eigenvalue weighted by Crippen LogP contribution is 2.16. The molecule has 0 aliphatic rings. The Morgan fingerprint density at radius 3 is 2.32 bits per heavy atom. The molecule has 25 heavy (non-hydrogen) atoms. The Balaban J connectivity index is 3.07. The Morgan fingerprint density at radius 1 is 1.20 bits per heavy atom. The molecule has 0 spiro atoms. The lowest BCUT2D eigenvalue weighted by molar-refractivity contribution is -0.186. The van der Waals surface area contributed by atoms with Crippen LogP contribution in [0.4, 0.5) is 0 Å². The fourth-order valence-electron chi connectivity index (χ4n) is 2.21. The number of carbonyl (C=O) groups is 2. The van der Waals surface area contributed by atoms with Gasteiger partial charge in [-0.1, -0.05) is 41.5 Å². The van der Waals surface area contributed by atoms with E-state index in [1.54, 1.807) is 0 Å². The van der Waals surface area contributed by atoms with Crippen LogP contribution in [-0.2, 0) is 16.2 Å². The van der Waals surface area contributed by atoms with E-state index in [0.29, 0.717) is 26.0 Å². The summed E-state index contributed by atoms with van der Waals surface area (Å²) in [7, 11) is 0. The third-order valence-electron chi connectivity index (χ3n) is 3.32. The number of amides is 1. The van der Waals surface area contributed by atoms with Crippen molar-refractivity contribution in [1.29, 1.82) is 0 Å². The number of rotatable bonds is 11. The van der Waals surface area contributed by atoms with Crippen molar-refractivity contribution < 1.29 is 18.8 Å². The monoisotopic (exact) mass is 355 g/mol. The van der Waals surface area contributed by atoms with Gasteiger partial charge in [0.2, 0.25) is 12.2 Å². The minimum atomic E-state index is -0.887. The largest absolute Gasteiger partial charge is 0.437 e. The average molecular weight is 355 g/mol. The number of hydroxylamine groups is 2. The van der Waals surface area contributed by atoms with Gasteiger partial charge in [0.05, 0.1) is 13.2 Å². The summed E-state index contributed by atoms with van der Waals surface area (Å²) in [5.41, 5.74) is 0. The number of aromatic nitrogens is 2. The standard InChI is InChI=1S/C17H29N3O5/c1-11(2)7-14(20(10-21)24-9-13(5)6)15(22)16-18-19(8-12(3)4)17(23)25-16/h10-14H,7-9H2,1-6H3.